The van der Waals surface area contributed by atoms with E-state index in [-0.39, 0.29) is 36.3 Å². The van der Waals surface area contributed by atoms with Crippen LogP contribution in [0.2, 0.25) is 5.02 Å². The van der Waals surface area contributed by atoms with Gasteiger partial charge in [-0.25, -0.2) is 8.42 Å². The largest absolute Gasteiger partial charge is 0.348 e. The van der Waals surface area contributed by atoms with E-state index in [1.165, 1.54) is 35.5 Å². The van der Waals surface area contributed by atoms with Gasteiger partial charge < -0.3 is 10.2 Å². The van der Waals surface area contributed by atoms with Crippen LogP contribution in [0, 0.1) is 0 Å². The fraction of sp³-hybridized carbons (Fsp3) is 0.300. The van der Waals surface area contributed by atoms with Gasteiger partial charge in [0.2, 0.25) is 15.9 Å². The van der Waals surface area contributed by atoms with Crippen LogP contribution in [0.5, 0.6) is 0 Å². The zero-order chi connectivity index (χ0) is 21.0. The topological polar surface area (TPSA) is 86.8 Å². The third kappa shape index (κ3) is 4.95. The number of benzene rings is 2. The molecule has 2 amide bonds. The lowest BCUT2D eigenvalue weighted by atomic mass is 10.2. The normalized spacial score (nSPS) is 15.2. The predicted molar refractivity (Wildman–Crippen MR) is 110 cm³/mol. The molecular weight excluding hydrogens is 414 g/mol. The minimum absolute atomic E-state index is 0.0609. The number of rotatable bonds is 5. The highest BCUT2D eigenvalue weighted by atomic mass is 35.5. The lowest BCUT2D eigenvalue weighted by molar-refractivity contribution is -0.129. The Kier molecular flexibility index (Phi) is 6.56. The summed E-state index contributed by atoms with van der Waals surface area (Å²) in [5.41, 5.74) is 1.16. The van der Waals surface area contributed by atoms with Gasteiger partial charge in [0.05, 0.1) is 4.90 Å². The van der Waals surface area contributed by atoms with Gasteiger partial charge in [0.1, 0.15) is 0 Å². The average Bonchev–Trinajstić information content (AvgIpc) is 2.73. The standard InChI is InChI=1S/C20H22ClN3O4S/c1-15(25)23-10-12-24(13-11-23)29(27,28)18-8-6-16(7-9-18)20(26)22-14-17-4-2-3-5-19(17)21/h2-9H,10-14H2,1H3,(H,22,26). The third-order valence-corrected chi connectivity index (χ3v) is 7.12. The highest BCUT2D eigenvalue weighted by Gasteiger charge is 2.29. The number of nitrogens with one attached hydrogen (secondary N) is 1. The summed E-state index contributed by atoms with van der Waals surface area (Å²) < 4.78 is 27.0. The Labute approximate surface area is 175 Å². The molecule has 1 fully saturated rings. The van der Waals surface area contributed by atoms with Gasteiger partial charge in [-0.3, -0.25) is 9.59 Å². The second kappa shape index (κ2) is 8.94. The molecule has 0 radical (unpaired) electrons. The monoisotopic (exact) mass is 435 g/mol. The minimum atomic E-state index is -3.67. The van der Waals surface area contributed by atoms with E-state index in [9.17, 15) is 18.0 Å². The van der Waals surface area contributed by atoms with Crippen LogP contribution < -0.4 is 5.32 Å². The highest BCUT2D eigenvalue weighted by molar-refractivity contribution is 7.89. The molecule has 0 aliphatic carbocycles. The van der Waals surface area contributed by atoms with Crippen LogP contribution in [-0.2, 0) is 21.4 Å². The number of nitrogens with zero attached hydrogens (tertiary/aromatic N) is 2. The number of hydrogen-bond acceptors (Lipinski definition) is 4. The number of halogens is 1. The molecule has 1 saturated heterocycles. The van der Waals surface area contributed by atoms with E-state index in [1.54, 1.807) is 11.0 Å². The molecule has 0 unspecified atom stereocenters. The molecule has 7 nitrogen and oxygen atoms in total. The molecule has 2 aromatic carbocycles. The van der Waals surface area contributed by atoms with Crippen LogP contribution >= 0.6 is 11.6 Å². The van der Waals surface area contributed by atoms with E-state index in [1.807, 2.05) is 18.2 Å². The molecule has 9 heteroatoms. The van der Waals surface area contributed by atoms with Crippen LogP contribution in [0.25, 0.3) is 0 Å². The first kappa shape index (κ1) is 21.3. The van der Waals surface area contributed by atoms with Gasteiger partial charge in [0.25, 0.3) is 5.91 Å². The Morgan fingerprint density at radius 2 is 1.62 bits per heavy atom. The quantitative estimate of drug-likeness (QED) is 0.779. The molecule has 1 aliphatic rings. The third-order valence-electron chi connectivity index (χ3n) is 4.84. The van der Waals surface area contributed by atoms with E-state index in [2.05, 4.69) is 5.32 Å². The van der Waals surface area contributed by atoms with Crippen LogP contribution in [0.4, 0.5) is 0 Å². The van der Waals surface area contributed by atoms with Gasteiger partial charge in [-0.1, -0.05) is 29.8 Å². The van der Waals surface area contributed by atoms with Crippen molar-refractivity contribution in [2.24, 2.45) is 0 Å². The highest BCUT2D eigenvalue weighted by Crippen LogP contribution is 2.19. The number of carbonyl (C=O) groups is 2. The summed E-state index contributed by atoms with van der Waals surface area (Å²) in [5.74, 6) is -0.377. The lowest BCUT2D eigenvalue weighted by Crippen LogP contribution is -2.49. The van der Waals surface area contributed by atoms with Gasteiger partial charge in [0.15, 0.2) is 0 Å². The Balaban J connectivity index is 1.64. The number of sulfonamides is 1. The predicted octanol–water partition coefficient (Wildman–Crippen LogP) is 2.12. The number of piperazine rings is 1. The minimum Gasteiger partial charge on any atom is -0.348 e. The maximum Gasteiger partial charge on any atom is 0.251 e. The molecule has 2 aromatic rings. The molecule has 1 aliphatic heterocycles. The first-order valence-electron chi connectivity index (χ1n) is 9.16. The fourth-order valence-electron chi connectivity index (χ4n) is 3.09. The first-order valence-corrected chi connectivity index (χ1v) is 11.0. The first-order chi connectivity index (χ1) is 13.8. The van der Waals surface area contributed by atoms with Gasteiger partial charge in [0, 0.05) is 50.2 Å². The van der Waals surface area contributed by atoms with E-state index < -0.39 is 10.0 Å². The Bertz CT molecular complexity index is 1000. The Morgan fingerprint density at radius 1 is 1.00 bits per heavy atom. The summed E-state index contributed by atoms with van der Waals surface area (Å²) in [6, 6.07) is 13.1. The van der Waals surface area contributed by atoms with Gasteiger partial charge in [-0.05, 0) is 35.9 Å². The molecule has 1 heterocycles. The van der Waals surface area contributed by atoms with Crippen molar-refractivity contribution in [3.8, 4) is 0 Å². The fourth-order valence-corrected chi connectivity index (χ4v) is 4.71. The molecule has 29 heavy (non-hydrogen) atoms. The molecule has 0 bridgehead atoms. The van der Waals surface area contributed by atoms with Crippen molar-refractivity contribution >= 4 is 33.4 Å². The lowest BCUT2D eigenvalue weighted by Gasteiger charge is -2.33. The van der Waals surface area contributed by atoms with Crippen LogP contribution in [-0.4, -0.2) is 55.6 Å². The molecule has 0 saturated carbocycles. The van der Waals surface area contributed by atoms with E-state index in [4.69, 9.17) is 11.6 Å². The van der Waals surface area contributed by atoms with Crippen molar-refractivity contribution in [3.05, 3.63) is 64.7 Å². The summed E-state index contributed by atoms with van der Waals surface area (Å²) in [4.78, 5) is 25.5. The summed E-state index contributed by atoms with van der Waals surface area (Å²) in [5, 5.41) is 3.34. The van der Waals surface area contributed by atoms with E-state index in [0.29, 0.717) is 23.7 Å². The van der Waals surface area contributed by atoms with Gasteiger partial charge in [-0.2, -0.15) is 4.31 Å². The summed E-state index contributed by atoms with van der Waals surface area (Å²) in [7, 11) is -3.67. The molecule has 0 spiro atoms. The van der Waals surface area contributed by atoms with Crippen molar-refractivity contribution in [1.82, 2.24) is 14.5 Å². The second-order valence-electron chi connectivity index (χ2n) is 6.71. The number of hydrogen-bond donors (Lipinski definition) is 1. The summed E-state index contributed by atoms with van der Waals surface area (Å²) in [6.45, 7) is 3.00. The molecule has 154 valence electrons. The van der Waals surface area contributed by atoms with Crippen molar-refractivity contribution in [2.45, 2.75) is 18.4 Å². The van der Waals surface area contributed by atoms with Crippen molar-refractivity contribution in [2.75, 3.05) is 26.2 Å². The maximum absolute atomic E-state index is 12.8. The zero-order valence-corrected chi connectivity index (χ0v) is 17.5. The SMILES string of the molecule is CC(=O)N1CCN(S(=O)(=O)c2ccc(C(=O)NCc3ccccc3Cl)cc2)CC1. The van der Waals surface area contributed by atoms with Crippen molar-refractivity contribution in [3.63, 3.8) is 0 Å². The van der Waals surface area contributed by atoms with Gasteiger partial charge in [-0.15, -0.1) is 0 Å². The van der Waals surface area contributed by atoms with Crippen molar-refractivity contribution < 1.29 is 18.0 Å². The second-order valence-corrected chi connectivity index (χ2v) is 9.05. The van der Waals surface area contributed by atoms with E-state index in [0.717, 1.165) is 5.56 Å². The van der Waals surface area contributed by atoms with Crippen molar-refractivity contribution in [1.29, 1.82) is 0 Å². The molecule has 3 rings (SSSR count). The Hall–Kier alpha value is -2.42. The molecule has 0 atom stereocenters. The summed E-state index contributed by atoms with van der Waals surface area (Å²) >= 11 is 6.08. The van der Waals surface area contributed by atoms with Crippen LogP contribution in [0.1, 0.15) is 22.8 Å². The molecule has 0 aromatic heterocycles. The molecule has 1 N–H and O–H groups in total. The number of amides is 2. The summed E-state index contributed by atoms with van der Waals surface area (Å²) in [6.07, 6.45) is 0. The maximum atomic E-state index is 12.8. The van der Waals surface area contributed by atoms with Crippen LogP contribution in [0.15, 0.2) is 53.4 Å². The molecular formula is C20H22ClN3O4S. The number of carbonyl (C=O) groups excluding carboxylic acids is 2. The Morgan fingerprint density at radius 3 is 2.21 bits per heavy atom. The van der Waals surface area contributed by atoms with Gasteiger partial charge >= 0.3 is 0 Å². The average molecular weight is 436 g/mol. The van der Waals surface area contributed by atoms with Crippen LogP contribution in [0.3, 0.4) is 0 Å². The zero-order valence-electron chi connectivity index (χ0n) is 16.0. The smallest absolute Gasteiger partial charge is 0.251 e. The van der Waals surface area contributed by atoms with E-state index >= 15 is 0 Å².